The molecule has 94 valence electrons. The highest BCUT2D eigenvalue weighted by Crippen LogP contribution is 2.05. The van der Waals surface area contributed by atoms with E-state index in [-0.39, 0.29) is 12.1 Å². The number of carbonyl (C=O) groups is 1. The van der Waals surface area contributed by atoms with Crippen LogP contribution >= 0.6 is 0 Å². The summed E-state index contributed by atoms with van der Waals surface area (Å²) in [7, 11) is 0. The first-order valence-electron chi connectivity index (χ1n) is 6.04. The van der Waals surface area contributed by atoms with Crippen molar-refractivity contribution in [2.75, 3.05) is 32.7 Å². The molecule has 1 saturated heterocycles. The number of urea groups is 1. The van der Waals surface area contributed by atoms with E-state index in [1.54, 1.807) is 0 Å². The van der Waals surface area contributed by atoms with Gasteiger partial charge >= 0.3 is 6.03 Å². The van der Waals surface area contributed by atoms with Crippen LogP contribution in [0.5, 0.6) is 0 Å². The van der Waals surface area contributed by atoms with Gasteiger partial charge in [-0.15, -0.1) is 0 Å². The lowest BCUT2D eigenvalue weighted by molar-refractivity contribution is 0.115. The smallest absolute Gasteiger partial charge is 0.317 e. The molecule has 0 aromatic rings. The van der Waals surface area contributed by atoms with Crippen LogP contribution in [0.2, 0.25) is 0 Å². The van der Waals surface area contributed by atoms with Gasteiger partial charge in [-0.05, 0) is 20.8 Å². The van der Waals surface area contributed by atoms with Gasteiger partial charge in [-0.2, -0.15) is 0 Å². The van der Waals surface area contributed by atoms with Crippen LogP contribution in [0.3, 0.4) is 0 Å². The lowest BCUT2D eigenvalue weighted by atomic mass is 10.2. The Kier molecular flexibility index (Phi) is 5.02. The number of carbonyl (C=O) groups excluding carboxylic acids is 1. The molecule has 5 heteroatoms. The normalized spacial score (nSPS) is 19.9. The number of hydrogen-bond acceptors (Lipinski definition) is 3. The Labute approximate surface area is 98.0 Å². The van der Waals surface area contributed by atoms with E-state index in [4.69, 9.17) is 5.73 Å². The summed E-state index contributed by atoms with van der Waals surface area (Å²) in [5.41, 5.74) is 5.63. The molecule has 0 aromatic heterocycles. The fraction of sp³-hybridized carbons (Fsp3) is 0.909. The van der Waals surface area contributed by atoms with Gasteiger partial charge in [0.2, 0.25) is 0 Å². The van der Waals surface area contributed by atoms with Crippen molar-refractivity contribution < 1.29 is 4.79 Å². The Bertz CT molecular complexity index is 224. The van der Waals surface area contributed by atoms with E-state index in [1.807, 2.05) is 18.7 Å². The van der Waals surface area contributed by atoms with Crippen LogP contribution in [0.1, 0.15) is 20.8 Å². The van der Waals surface area contributed by atoms with Gasteiger partial charge in [0.05, 0.1) is 0 Å². The molecule has 1 fully saturated rings. The van der Waals surface area contributed by atoms with Crippen LogP contribution in [0.25, 0.3) is 0 Å². The van der Waals surface area contributed by atoms with E-state index in [0.29, 0.717) is 12.6 Å². The van der Waals surface area contributed by atoms with Crippen LogP contribution in [-0.4, -0.2) is 60.6 Å². The lowest BCUT2D eigenvalue weighted by Crippen LogP contribution is -2.55. The zero-order valence-electron chi connectivity index (χ0n) is 10.6. The third kappa shape index (κ3) is 3.64. The van der Waals surface area contributed by atoms with E-state index in [1.165, 1.54) is 0 Å². The second-order valence-corrected chi connectivity index (χ2v) is 4.71. The van der Waals surface area contributed by atoms with E-state index in [9.17, 15) is 4.79 Å². The molecule has 0 saturated carbocycles. The minimum Gasteiger partial charge on any atom is -0.336 e. The highest BCUT2D eigenvalue weighted by Gasteiger charge is 2.23. The highest BCUT2D eigenvalue weighted by molar-refractivity contribution is 5.74. The van der Waals surface area contributed by atoms with Gasteiger partial charge in [-0.1, -0.05) is 0 Å². The van der Waals surface area contributed by atoms with Crippen LogP contribution in [0, 0.1) is 0 Å². The molecule has 0 spiro atoms. The van der Waals surface area contributed by atoms with E-state index >= 15 is 0 Å². The molecule has 5 nitrogen and oxygen atoms in total. The molecule has 16 heavy (non-hydrogen) atoms. The maximum absolute atomic E-state index is 11.7. The summed E-state index contributed by atoms with van der Waals surface area (Å²) in [5, 5.41) is 2.91. The molecule has 1 heterocycles. The largest absolute Gasteiger partial charge is 0.336 e. The van der Waals surface area contributed by atoms with Gasteiger partial charge in [-0.3, -0.25) is 4.90 Å². The van der Waals surface area contributed by atoms with Gasteiger partial charge in [0.25, 0.3) is 0 Å². The molecule has 2 amide bonds. The number of piperazine rings is 1. The Morgan fingerprint density at radius 3 is 2.25 bits per heavy atom. The molecule has 3 N–H and O–H groups in total. The van der Waals surface area contributed by atoms with Crippen molar-refractivity contribution in [1.29, 1.82) is 0 Å². The first-order valence-corrected chi connectivity index (χ1v) is 6.04. The molecular formula is C11H24N4O. The Balaban J connectivity index is 2.34. The second-order valence-electron chi connectivity index (χ2n) is 4.71. The summed E-state index contributed by atoms with van der Waals surface area (Å²) in [6.07, 6.45) is 0. The summed E-state index contributed by atoms with van der Waals surface area (Å²) < 4.78 is 0. The fourth-order valence-electron chi connectivity index (χ4n) is 1.85. The SMILES string of the molecule is CC(C)NC(=O)N1CCN(C(C)CN)CC1. The standard InChI is InChI=1S/C11H24N4O/c1-9(2)13-11(16)15-6-4-14(5-7-15)10(3)8-12/h9-10H,4-8,12H2,1-3H3,(H,13,16). The van der Waals surface area contributed by atoms with Crippen molar-refractivity contribution in [3.63, 3.8) is 0 Å². The monoisotopic (exact) mass is 228 g/mol. The maximum atomic E-state index is 11.7. The number of nitrogens with two attached hydrogens (primary N) is 1. The van der Waals surface area contributed by atoms with Crippen molar-refractivity contribution in [2.24, 2.45) is 5.73 Å². The summed E-state index contributed by atoms with van der Waals surface area (Å²) in [4.78, 5) is 15.9. The minimum absolute atomic E-state index is 0.0510. The lowest BCUT2D eigenvalue weighted by Gasteiger charge is -2.37. The Morgan fingerprint density at radius 2 is 1.81 bits per heavy atom. The number of hydrogen-bond donors (Lipinski definition) is 2. The third-order valence-electron chi connectivity index (χ3n) is 2.98. The predicted octanol–water partition coefficient (Wildman–Crippen LogP) is 0.0692. The van der Waals surface area contributed by atoms with Crippen molar-refractivity contribution in [2.45, 2.75) is 32.9 Å². The molecule has 0 radical (unpaired) electrons. The summed E-state index contributed by atoms with van der Waals surface area (Å²) in [6, 6.07) is 0.666. The van der Waals surface area contributed by atoms with E-state index < -0.39 is 0 Å². The van der Waals surface area contributed by atoms with Crippen molar-refractivity contribution in [3.05, 3.63) is 0 Å². The first-order chi connectivity index (χ1) is 7.54. The first kappa shape index (κ1) is 13.3. The number of rotatable bonds is 3. The average molecular weight is 228 g/mol. The van der Waals surface area contributed by atoms with Crippen molar-refractivity contribution in [1.82, 2.24) is 15.1 Å². The molecule has 1 atom stereocenters. The minimum atomic E-state index is 0.0510. The predicted molar refractivity (Wildman–Crippen MR) is 65.3 cm³/mol. The molecule has 1 aliphatic rings. The number of nitrogens with zero attached hydrogens (tertiary/aromatic N) is 2. The van der Waals surface area contributed by atoms with Crippen molar-refractivity contribution in [3.8, 4) is 0 Å². The van der Waals surface area contributed by atoms with Gasteiger partial charge in [0.15, 0.2) is 0 Å². The Hall–Kier alpha value is -0.810. The summed E-state index contributed by atoms with van der Waals surface area (Å²) in [5.74, 6) is 0. The molecule has 1 unspecified atom stereocenters. The van der Waals surface area contributed by atoms with Gasteiger partial charge in [0, 0.05) is 44.8 Å². The van der Waals surface area contributed by atoms with Crippen LogP contribution < -0.4 is 11.1 Å². The molecular weight excluding hydrogens is 204 g/mol. The number of amides is 2. The summed E-state index contributed by atoms with van der Waals surface area (Å²) in [6.45, 7) is 10.2. The molecule has 0 aromatic carbocycles. The fourth-order valence-corrected chi connectivity index (χ4v) is 1.85. The zero-order valence-corrected chi connectivity index (χ0v) is 10.6. The maximum Gasteiger partial charge on any atom is 0.317 e. The molecule has 1 rings (SSSR count). The van der Waals surface area contributed by atoms with E-state index in [0.717, 1.165) is 26.2 Å². The van der Waals surface area contributed by atoms with Crippen LogP contribution in [-0.2, 0) is 0 Å². The quantitative estimate of drug-likeness (QED) is 0.718. The second kappa shape index (κ2) is 6.06. The topological polar surface area (TPSA) is 61.6 Å². The van der Waals surface area contributed by atoms with Crippen molar-refractivity contribution >= 4 is 6.03 Å². The zero-order chi connectivity index (χ0) is 12.1. The van der Waals surface area contributed by atoms with Gasteiger partial charge in [0.1, 0.15) is 0 Å². The van der Waals surface area contributed by atoms with Crippen LogP contribution in [0.15, 0.2) is 0 Å². The van der Waals surface area contributed by atoms with Gasteiger partial charge < -0.3 is 16.0 Å². The average Bonchev–Trinajstić information content (AvgIpc) is 2.27. The number of nitrogens with one attached hydrogen (secondary N) is 1. The Morgan fingerprint density at radius 1 is 1.25 bits per heavy atom. The molecule has 0 aliphatic carbocycles. The van der Waals surface area contributed by atoms with Crippen LogP contribution in [0.4, 0.5) is 4.79 Å². The van der Waals surface area contributed by atoms with Gasteiger partial charge in [-0.25, -0.2) is 4.79 Å². The summed E-state index contributed by atoms with van der Waals surface area (Å²) >= 11 is 0. The molecule has 1 aliphatic heterocycles. The highest BCUT2D eigenvalue weighted by atomic mass is 16.2. The van der Waals surface area contributed by atoms with E-state index in [2.05, 4.69) is 17.1 Å². The third-order valence-corrected chi connectivity index (χ3v) is 2.98. The molecule has 0 bridgehead atoms.